The van der Waals surface area contributed by atoms with Gasteiger partial charge in [-0.1, -0.05) is 17.7 Å². The molecule has 0 atom stereocenters. The van der Waals surface area contributed by atoms with Crippen molar-refractivity contribution in [1.29, 1.82) is 0 Å². The Morgan fingerprint density at radius 3 is 2.43 bits per heavy atom. The van der Waals surface area contributed by atoms with Gasteiger partial charge < -0.3 is 5.32 Å². The summed E-state index contributed by atoms with van der Waals surface area (Å²) in [5.41, 5.74) is 0.892. The summed E-state index contributed by atoms with van der Waals surface area (Å²) in [4.78, 5) is 0.299. The number of aryl methyl sites for hydroxylation is 1. The van der Waals surface area contributed by atoms with Crippen LogP contribution in [0.15, 0.2) is 23.1 Å². The molecule has 0 bridgehead atoms. The van der Waals surface area contributed by atoms with Crippen LogP contribution in [0.5, 0.6) is 0 Å². The molecule has 0 aromatic heterocycles. The third kappa shape index (κ3) is 4.60. The number of nitrogens with zero attached hydrogens (tertiary/aromatic N) is 1. The number of rotatable bonds is 5. The van der Waals surface area contributed by atoms with Crippen molar-refractivity contribution in [3.63, 3.8) is 0 Å². The molecule has 23 heavy (non-hydrogen) atoms. The zero-order valence-electron chi connectivity index (χ0n) is 13.3. The Balaban J connectivity index is 0.00000192. The van der Waals surface area contributed by atoms with Gasteiger partial charge in [-0.15, -0.1) is 12.4 Å². The molecule has 4 nitrogen and oxygen atoms in total. The molecular weight excluding hydrogens is 355 g/mol. The maximum Gasteiger partial charge on any atom is 0.243 e. The molecule has 7 heteroatoms. The number of hydrogen-bond donors (Lipinski definition) is 1. The number of benzene rings is 1. The van der Waals surface area contributed by atoms with Crippen LogP contribution >= 0.6 is 24.0 Å². The summed E-state index contributed by atoms with van der Waals surface area (Å²) in [5.74, 6) is 0.858. The van der Waals surface area contributed by atoms with Gasteiger partial charge >= 0.3 is 0 Å². The Morgan fingerprint density at radius 2 is 1.87 bits per heavy atom. The van der Waals surface area contributed by atoms with Crippen LogP contribution < -0.4 is 5.32 Å². The molecule has 1 heterocycles. The highest BCUT2D eigenvalue weighted by Gasteiger charge is 2.30. The molecule has 1 aliphatic heterocycles. The second-order valence-corrected chi connectivity index (χ2v) is 8.79. The fourth-order valence-corrected chi connectivity index (χ4v) is 4.58. The second-order valence-electron chi connectivity index (χ2n) is 6.44. The van der Waals surface area contributed by atoms with Crippen LogP contribution in [-0.4, -0.2) is 38.4 Å². The summed E-state index contributed by atoms with van der Waals surface area (Å²) in [7, 11) is -3.42. The predicted molar refractivity (Wildman–Crippen MR) is 95.9 cm³/mol. The molecular formula is C16H24Cl2N2O2S. The summed E-state index contributed by atoms with van der Waals surface area (Å²) in [5, 5.41) is 4.07. The molecule has 1 aromatic carbocycles. The van der Waals surface area contributed by atoms with Crippen molar-refractivity contribution in [2.45, 2.75) is 43.5 Å². The molecule has 0 spiro atoms. The van der Waals surface area contributed by atoms with E-state index in [1.807, 2.05) is 6.92 Å². The molecule has 3 rings (SSSR count). The number of halogens is 2. The highest BCUT2D eigenvalue weighted by Crippen LogP contribution is 2.29. The van der Waals surface area contributed by atoms with Gasteiger partial charge in [0.2, 0.25) is 10.0 Å². The quantitative estimate of drug-likeness (QED) is 0.855. The van der Waals surface area contributed by atoms with E-state index in [-0.39, 0.29) is 12.4 Å². The van der Waals surface area contributed by atoms with Gasteiger partial charge in [-0.05, 0) is 62.8 Å². The Kier molecular flexibility index (Phi) is 6.36. The van der Waals surface area contributed by atoms with Crippen LogP contribution in [0.3, 0.4) is 0 Å². The molecule has 1 aromatic rings. The highest BCUT2D eigenvalue weighted by atomic mass is 35.5. The average Bonchev–Trinajstić information content (AvgIpc) is 3.32. The van der Waals surface area contributed by atoms with Crippen LogP contribution in [0.25, 0.3) is 0 Å². The van der Waals surface area contributed by atoms with Crippen LogP contribution in [0.1, 0.15) is 31.2 Å². The third-order valence-corrected chi connectivity index (χ3v) is 6.93. The van der Waals surface area contributed by atoms with Crippen LogP contribution in [0, 0.1) is 12.8 Å². The van der Waals surface area contributed by atoms with E-state index in [4.69, 9.17) is 11.6 Å². The lowest BCUT2D eigenvalue weighted by Gasteiger charge is -2.31. The lowest BCUT2D eigenvalue weighted by Crippen LogP contribution is -2.45. The molecule has 1 saturated heterocycles. The Morgan fingerprint density at radius 1 is 1.22 bits per heavy atom. The minimum absolute atomic E-state index is 0. The van der Waals surface area contributed by atoms with E-state index >= 15 is 0 Å². The van der Waals surface area contributed by atoms with Gasteiger partial charge in [-0.25, -0.2) is 8.42 Å². The molecule has 130 valence electrons. The van der Waals surface area contributed by atoms with Gasteiger partial charge in [-0.3, -0.25) is 0 Å². The first-order valence-electron chi connectivity index (χ1n) is 7.96. The number of sulfonamides is 1. The van der Waals surface area contributed by atoms with Gasteiger partial charge in [0.25, 0.3) is 0 Å². The fraction of sp³-hybridized carbons (Fsp3) is 0.625. The minimum atomic E-state index is -3.42. The second kappa shape index (κ2) is 7.70. The first-order valence-corrected chi connectivity index (χ1v) is 9.78. The van der Waals surface area contributed by atoms with Gasteiger partial charge in [0.15, 0.2) is 0 Å². The van der Waals surface area contributed by atoms with Gasteiger partial charge in [0, 0.05) is 24.2 Å². The molecule has 0 amide bonds. The molecule has 2 fully saturated rings. The third-order valence-electron chi connectivity index (χ3n) is 4.63. The predicted octanol–water partition coefficient (Wildman–Crippen LogP) is 3.22. The van der Waals surface area contributed by atoms with Crippen LogP contribution in [-0.2, 0) is 10.0 Å². The molecule has 2 aliphatic rings. The van der Waals surface area contributed by atoms with Crippen molar-refractivity contribution in [3.8, 4) is 0 Å². The summed E-state index contributed by atoms with van der Waals surface area (Å²) in [6, 6.07) is 5.42. The van der Waals surface area contributed by atoms with E-state index < -0.39 is 10.0 Å². The van der Waals surface area contributed by atoms with E-state index in [2.05, 4.69) is 5.32 Å². The largest absolute Gasteiger partial charge is 0.314 e. The summed E-state index contributed by atoms with van der Waals surface area (Å²) < 4.78 is 26.9. The molecule has 1 N–H and O–H groups in total. The van der Waals surface area contributed by atoms with Gasteiger partial charge in [-0.2, -0.15) is 4.31 Å². The first-order chi connectivity index (χ1) is 10.5. The molecule has 0 unspecified atom stereocenters. The zero-order chi connectivity index (χ0) is 15.7. The van der Waals surface area contributed by atoms with Crippen molar-refractivity contribution in [3.05, 3.63) is 28.8 Å². The SMILES string of the molecule is Cc1ccc(S(=O)(=O)N2CCC(NCC3CC3)CC2)cc1Cl.Cl. The standard InChI is InChI=1S/C16H23ClN2O2S.ClH/c1-12-2-5-15(10-16(12)17)22(20,21)19-8-6-14(7-9-19)18-11-13-3-4-13;/h2,5,10,13-14,18H,3-4,6-9,11H2,1H3;1H. The van der Waals surface area contributed by atoms with Crippen molar-refractivity contribution in [1.82, 2.24) is 9.62 Å². The molecule has 0 radical (unpaired) electrons. The van der Waals surface area contributed by atoms with Gasteiger partial charge in [0.1, 0.15) is 0 Å². The van der Waals surface area contributed by atoms with Crippen molar-refractivity contribution in [2.75, 3.05) is 19.6 Å². The number of nitrogens with one attached hydrogen (secondary N) is 1. The minimum Gasteiger partial charge on any atom is -0.314 e. The normalized spacial score (nSPS) is 20.3. The van der Waals surface area contributed by atoms with E-state index in [1.165, 1.54) is 12.8 Å². The van der Waals surface area contributed by atoms with E-state index in [0.717, 1.165) is 30.9 Å². The lowest BCUT2D eigenvalue weighted by atomic mass is 10.1. The summed E-state index contributed by atoms with van der Waals surface area (Å²) in [6.07, 6.45) is 4.44. The van der Waals surface area contributed by atoms with E-state index in [9.17, 15) is 8.42 Å². The maximum absolute atomic E-state index is 12.7. The lowest BCUT2D eigenvalue weighted by molar-refractivity contribution is 0.288. The first kappa shape index (κ1) is 19.0. The zero-order valence-corrected chi connectivity index (χ0v) is 15.7. The monoisotopic (exact) mass is 378 g/mol. The van der Waals surface area contributed by atoms with Crippen molar-refractivity contribution < 1.29 is 8.42 Å². The average molecular weight is 379 g/mol. The Bertz CT molecular complexity index is 639. The molecule has 1 saturated carbocycles. The van der Waals surface area contributed by atoms with Crippen LogP contribution in [0.4, 0.5) is 0 Å². The maximum atomic E-state index is 12.7. The van der Waals surface area contributed by atoms with E-state index in [0.29, 0.717) is 29.0 Å². The smallest absolute Gasteiger partial charge is 0.243 e. The van der Waals surface area contributed by atoms with Crippen molar-refractivity contribution in [2.24, 2.45) is 5.92 Å². The Labute approximate surface area is 150 Å². The van der Waals surface area contributed by atoms with Gasteiger partial charge in [0.05, 0.1) is 4.90 Å². The van der Waals surface area contributed by atoms with E-state index in [1.54, 1.807) is 22.5 Å². The molecule has 1 aliphatic carbocycles. The Hall–Kier alpha value is -0.330. The van der Waals surface area contributed by atoms with Crippen LogP contribution in [0.2, 0.25) is 5.02 Å². The summed E-state index contributed by atoms with van der Waals surface area (Å²) >= 11 is 6.07. The highest BCUT2D eigenvalue weighted by molar-refractivity contribution is 7.89. The number of piperidine rings is 1. The van der Waals surface area contributed by atoms with Crippen molar-refractivity contribution >= 4 is 34.0 Å². The summed E-state index contributed by atoms with van der Waals surface area (Å²) in [6.45, 7) is 4.12. The topological polar surface area (TPSA) is 49.4 Å². The fourth-order valence-electron chi connectivity index (χ4n) is 2.84. The number of hydrogen-bond acceptors (Lipinski definition) is 3.